The molecule has 0 nitrogen and oxygen atoms in total. The van der Waals surface area contributed by atoms with Crippen molar-refractivity contribution in [3.8, 4) is 0 Å². The molecule has 0 heterocycles. The van der Waals surface area contributed by atoms with E-state index in [4.69, 9.17) is 0 Å². The van der Waals surface area contributed by atoms with Crippen LogP contribution in [0.4, 0.5) is 0 Å². The van der Waals surface area contributed by atoms with Crippen LogP contribution in [0.1, 0.15) is 5.56 Å². The van der Waals surface area contributed by atoms with Crippen LogP contribution in [0, 0.1) is 6.07 Å². The van der Waals surface area contributed by atoms with Gasteiger partial charge in [0.2, 0.25) is 0 Å². The summed E-state index contributed by atoms with van der Waals surface area (Å²) in [5.41, 5.74) is 1.46. The molecule has 0 bridgehead atoms. The number of benzene rings is 2. The van der Waals surface area contributed by atoms with Crippen molar-refractivity contribution in [3.05, 3.63) is 66.2 Å². The standard InChI is InChI=1S/C13H11Te/c1-3-7-12(8-4-1)11-14-13-9-5-2-6-10-13/h1,3-10H,11H2. The summed E-state index contributed by atoms with van der Waals surface area (Å²) in [7, 11) is 0. The van der Waals surface area contributed by atoms with Crippen LogP contribution in [0.25, 0.3) is 0 Å². The van der Waals surface area contributed by atoms with E-state index in [1.54, 1.807) is 0 Å². The minimum absolute atomic E-state index is 0.0504. The fourth-order valence-corrected chi connectivity index (χ4v) is 3.65. The van der Waals surface area contributed by atoms with E-state index in [1.807, 2.05) is 12.1 Å². The van der Waals surface area contributed by atoms with Gasteiger partial charge in [0.05, 0.1) is 0 Å². The van der Waals surface area contributed by atoms with Gasteiger partial charge in [-0.05, 0) is 0 Å². The molecular weight excluding hydrogens is 284 g/mol. The van der Waals surface area contributed by atoms with Crippen LogP contribution in [0.15, 0.2) is 54.6 Å². The molecule has 0 unspecified atom stereocenters. The van der Waals surface area contributed by atoms with Gasteiger partial charge in [0.1, 0.15) is 0 Å². The summed E-state index contributed by atoms with van der Waals surface area (Å²) in [4.78, 5) is 0. The topological polar surface area (TPSA) is 0 Å². The molecular formula is C13H11Te. The first-order chi connectivity index (χ1) is 6.95. The van der Waals surface area contributed by atoms with Gasteiger partial charge < -0.3 is 0 Å². The molecule has 0 fully saturated rings. The Morgan fingerprint density at radius 2 is 1.64 bits per heavy atom. The van der Waals surface area contributed by atoms with Crippen molar-refractivity contribution in [2.24, 2.45) is 0 Å². The van der Waals surface area contributed by atoms with Crippen LogP contribution >= 0.6 is 0 Å². The Balaban J connectivity index is 1.96. The van der Waals surface area contributed by atoms with Gasteiger partial charge in [-0.3, -0.25) is 0 Å². The van der Waals surface area contributed by atoms with E-state index in [0.717, 1.165) is 0 Å². The zero-order valence-corrected chi connectivity index (χ0v) is 10.1. The van der Waals surface area contributed by atoms with E-state index in [2.05, 4.69) is 48.5 Å². The first-order valence-electron chi connectivity index (χ1n) is 4.58. The summed E-state index contributed by atoms with van der Waals surface area (Å²) in [6.45, 7) is 0. The van der Waals surface area contributed by atoms with Crippen molar-refractivity contribution in [1.82, 2.24) is 0 Å². The third kappa shape index (κ3) is 2.87. The fourth-order valence-electron chi connectivity index (χ4n) is 1.21. The van der Waals surface area contributed by atoms with Crippen molar-refractivity contribution in [2.45, 2.75) is 4.47 Å². The molecule has 1 radical (unpaired) electrons. The van der Waals surface area contributed by atoms with Crippen molar-refractivity contribution < 1.29 is 0 Å². The SMILES string of the molecule is [c]1ccc([Te]Cc2ccccc2)cc1. The minimum atomic E-state index is -0.0504. The quantitative estimate of drug-likeness (QED) is 0.760. The van der Waals surface area contributed by atoms with Gasteiger partial charge >= 0.3 is 95.2 Å². The van der Waals surface area contributed by atoms with Gasteiger partial charge in [0.15, 0.2) is 0 Å². The Hall–Kier alpha value is -0.770. The van der Waals surface area contributed by atoms with Crippen LogP contribution in [0.3, 0.4) is 0 Å². The summed E-state index contributed by atoms with van der Waals surface area (Å²) in [5, 5.41) is 0. The molecule has 69 valence electrons. The van der Waals surface area contributed by atoms with Crippen molar-refractivity contribution >= 4 is 24.5 Å². The molecule has 0 atom stereocenters. The third-order valence-electron chi connectivity index (χ3n) is 1.94. The van der Waals surface area contributed by atoms with E-state index in [0.29, 0.717) is 0 Å². The normalized spacial score (nSPS) is 10.0. The Labute approximate surface area is 95.1 Å². The number of rotatable bonds is 3. The second-order valence-electron chi connectivity index (χ2n) is 3.01. The maximum absolute atomic E-state index is 3.05. The maximum atomic E-state index is 3.05. The van der Waals surface area contributed by atoms with Crippen LogP contribution < -0.4 is 3.61 Å². The van der Waals surface area contributed by atoms with Gasteiger partial charge in [-0.15, -0.1) is 0 Å². The first-order valence-corrected chi connectivity index (χ1v) is 7.39. The second-order valence-corrected chi connectivity index (χ2v) is 6.00. The second kappa shape index (κ2) is 5.20. The molecule has 0 spiro atoms. The summed E-state index contributed by atoms with van der Waals surface area (Å²) in [5.74, 6) is 0. The van der Waals surface area contributed by atoms with Crippen LogP contribution in [0.2, 0.25) is 0 Å². The summed E-state index contributed by atoms with van der Waals surface area (Å²) in [6.07, 6.45) is 0. The molecule has 0 aliphatic carbocycles. The van der Waals surface area contributed by atoms with Crippen molar-refractivity contribution in [1.29, 1.82) is 0 Å². The van der Waals surface area contributed by atoms with Crippen molar-refractivity contribution in [3.63, 3.8) is 0 Å². The Kier molecular flexibility index (Phi) is 3.63. The van der Waals surface area contributed by atoms with Gasteiger partial charge in [-0.25, -0.2) is 0 Å². The number of hydrogen-bond acceptors (Lipinski definition) is 0. The summed E-state index contributed by atoms with van der Waals surface area (Å²) < 4.78 is 2.76. The average Bonchev–Trinajstić information content (AvgIpc) is 2.29. The first kappa shape index (κ1) is 9.77. The molecule has 14 heavy (non-hydrogen) atoms. The van der Waals surface area contributed by atoms with Gasteiger partial charge in [0.25, 0.3) is 0 Å². The van der Waals surface area contributed by atoms with Gasteiger partial charge in [-0.2, -0.15) is 0 Å². The van der Waals surface area contributed by atoms with E-state index < -0.39 is 0 Å². The van der Waals surface area contributed by atoms with Gasteiger partial charge in [-0.1, -0.05) is 0 Å². The van der Waals surface area contributed by atoms with E-state index in [9.17, 15) is 0 Å². The van der Waals surface area contributed by atoms with Crippen molar-refractivity contribution in [2.75, 3.05) is 0 Å². The Morgan fingerprint density at radius 1 is 0.929 bits per heavy atom. The molecule has 0 saturated carbocycles. The fraction of sp³-hybridized carbons (Fsp3) is 0.0769. The van der Waals surface area contributed by atoms with E-state index >= 15 is 0 Å². The molecule has 2 aromatic rings. The molecule has 0 amide bonds. The summed E-state index contributed by atoms with van der Waals surface area (Å²) >= 11 is -0.0504. The number of hydrogen-bond donors (Lipinski definition) is 0. The molecule has 0 aliphatic heterocycles. The van der Waals surface area contributed by atoms with Crippen LogP contribution in [0.5, 0.6) is 0 Å². The van der Waals surface area contributed by atoms with E-state index in [-0.39, 0.29) is 20.9 Å². The molecule has 2 rings (SSSR count). The third-order valence-corrected chi connectivity index (χ3v) is 5.03. The zero-order chi connectivity index (χ0) is 9.64. The molecule has 0 aromatic heterocycles. The monoisotopic (exact) mass is 297 g/mol. The summed E-state index contributed by atoms with van der Waals surface area (Å²) in [6, 6.07) is 22.1. The predicted molar refractivity (Wildman–Crippen MR) is 60.8 cm³/mol. The van der Waals surface area contributed by atoms with Crippen LogP contribution in [-0.4, -0.2) is 20.9 Å². The molecule has 0 saturated heterocycles. The Bertz CT molecular complexity index is 327. The molecule has 0 aliphatic rings. The Morgan fingerprint density at radius 3 is 2.36 bits per heavy atom. The molecule has 1 heteroatoms. The zero-order valence-electron chi connectivity index (χ0n) is 7.81. The van der Waals surface area contributed by atoms with E-state index in [1.165, 1.54) is 13.6 Å². The average molecular weight is 295 g/mol. The predicted octanol–water partition coefficient (Wildman–Crippen LogP) is 2.02. The molecule has 2 aromatic carbocycles. The molecule has 0 N–H and O–H groups in total. The van der Waals surface area contributed by atoms with Gasteiger partial charge in [0, 0.05) is 0 Å². The van der Waals surface area contributed by atoms with Crippen LogP contribution in [-0.2, 0) is 4.47 Å².